The average Bonchev–Trinajstić information content (AvgIpc) is 2.26. The SMILES string of the molecule is C[Si](C)(C)Oc1ccc2cc(CN)ccc2c1. The van der Waals surface area contributed by atoms with Gasteiger partial charge in [-0.15, -0.1) is 0 Å². The van der Waals surface area contributed by atoms with E-state index in [1.165, 1.54) is 10.8 Å². The normalized spacial score (nSPS) is 11.8. The van der Waals surface area contributed by atoms with Crippen LogP contribution in [0.5, 0.6) is 5.75 Å². The molecule has 0 bridgehead atoms. The summed E-state index contributed by atoms with van der Waals surface area (Å²) in [6, 6.07) is 12.6. The molecule has 2 nitrogen and oxygen atoms in total. The predicted octanol–water partition coefficient (Wildman–Crippen LogP) is 3.51. The zero-order valence-electron chi connectivity index (χ0n) is 10.7. The van der Waals surface area contributed by atoms with Crippen LogP contribution in [0.25, 0.3) is 10.8 Å². The van der Waals surface area contributed by atoms with E-state index in [9.17, 15) is 0 Å². The third-order valence-electron chi connectivity index (χ3n) is 2.54. The molecule has 0 aliphatic carbocycles. The van der Waals surface area contributed by atoms with Crippen LogP contribution in [0.1, 0.15) is 5.56 Å². The molecule has 2 rings (SSSR count). The summed E-state index contributed by atoms with van der Waals surface area (Å²) in [6.45, 7) is 7.15. The second-order valence-corrected chi connectivity index (χ2v) is 9.69. The summed E-state index contributed by atoms with van der Waals surface area (Å²) in [5.41, 5.74) is 6.80. The Kier molecular flexibility index (Phi) is 3.22. The minimum Gasteiger partial charge on any atom is -0.544 e. The second kappa shape index (κ2) is 4.51. The zero-order chi connectivity index (χ0) is 12.5. The molecule has 0 fully saturated rings. The Labute approximate surface area is 104 Å². The van der Waals surface area contributed by atoms with Gasteiger partial charge in [-0.2, -0.15) is 0 Å². The van der Waals surface area contributed by atoms with Gasteiger partial charge in [0.1, 0.15) is 5.75 Å². The molecule has 0 saturated heterocycles. The van der Waals surface area contributed by atoms with Crippen molar-refractivity contribution in [3.63, 3.8) is 0 Å². The summed E-state index contributed by atoms with van der Waals surface area (Å²) in [7, 11) is -1.52. The van der Waals surface area contributed by atoms with Crippen LogP contribution < -0.4 is 10.2 Å². The molecule has 0 unspecified atom stereocenters. The van der Waals surface area contributed by atoms with Crippen molar-refractivity contribution in [1.82, 2.24) is 0 Å². The van der Waals surface area contributed by atoms with Gasteiger partial charge in [0, 0.05) is 6.54 Å². The molecular weight excluding hydrogens is 226 g/mol. The number of hydrogen-bond acceptors (Lipinski definition) is 2. The summed E-state index contributed by atoms with van der Waals surface area (Å²) in [5, 5.41) is 2.42. The fourth-order valence-corrected chi connectivity index (χ4v) is 2.65. The molecule has 90 valence electrons. The third kappa shape index (κ3) is 3.08. The number of benzene rings is 2. The van der Waals surface area contributed by atoms with Gasteiger partial charge in [-0.05, 0) is 54.2 Å². The average molecular weight is 245 g/mol. The molecule has 0 atom stereocenters. The number of hydrogen-bond donors (Lipinski definition) is 1. The van der Waals surface area contributed by atoms with Crippen LogP contribution >= 0.6 is 0 Å². The van der Waals surface area contributed by atoms with Crippen molar-refractivity contribution in [2.24, 2.45) is 5.73 Å². The van der Waals surface area contributed by atoms with Crippen molar-refractivity contribution < 1.29 is 4.43 Å². The number of fused-ring (bicyclic) bond motifs is 1. The Bertz CT molecular complexity index is 531. The summed E-state index contributed by atoms with van der Waals surface area (Å²) < 4.78 is 5.98. The van der Waals surface area contributed by atoms with E-state index in [0.717, 1.165) is 11.3 Å². The van der Waals surface area contributed by atoms with Crippen molar-refractivity contribution in [3.05, 3.63) is 42.0 Å². The maximum Gasteiger partial charge on any atom is 0.242 e. The molecule has 0 aliphatic heterocycles. The van der Waals surface area contributed by atoms with Gasteiger partial charge in [0.25, 0.3) is 0 Å². The lowest BCUT2D eigenvalue weighted by atomic mass is 10.1. The van der Waals surface area contributed by atoms with Crippen LogP contribution in [0.4, 0.5) is 0 Å². The van der Waals surface area contributed by atoms with Gasteiger partial charge in [-0.3, -0.25) is 0 Å². The summed E-state index contributed by atoms with van der Waals surface area (Å²) >= 11 is 0. The first-order chi connectivity index (χ1) is 7.98. The number of rotatable bonds is 3. The Morgan fingerprint density at radius 1 is 1.00 bits per heavy atom. The van der Waals surface area contributed by atoms with Gasteiger partial charge < -0.3 is 10.2 Å². The standard InChI is InChI=1S/C14H19NOSi/c1-17(2,3)16-14-7-6-12-8-11(10-15)4-5-13(12)9-14/h4-9H,10,15H2,1-3H3. The van der Waals surface area contributed by atoms with Gasteiger partial charge >= 0.3 is 0 Å². The van der Waals surface area contributed by atoms with E-state index in [-0.39, 0.29) is 0 Å². The molecule has 0 amide bonds. The molecule has 0 radical (unpaired) electrons. The molecule has 0 aromatic heterocycles. The first-order valence-electron chi connectivity index (χ1n) is 5.90. The molecular formula is C14H19NOSi. The Hall–Kier alpha value is -1.32. The van der Waals surface area contributed by atoms with Crippen molar-refractivity contribution in [1.29, 1.82) is 0 Å². The van der Waals surface area contributed by atoms with Crippen LogP contribution in [0.15, 0.2) is 36.4 Å². The highest BCUT2D eigenvalue weighted by atomic mass is 28.4. The van der Waals surface area contributed by atoms with Crippen LogP contribution in [-0.4, -0.2) is 8.32 Å². The maximum atomic E-state index is 5.98. The lowest BCUT2D eigenvalue weighted by Gasteiger charge is -2.19. The lowest BCUT2D eigenvalue weighted by molar-refractivity contribution is 0.558. The van der Waals surface area contributed by atoms with Gasteiger partial charge in [-0.1, -0.05) is 18.2 Å². The zero-order valence-corrected chi connectivity index (χ0v) is 11.7. The molecule has 0 aliphatic rings. The van der Waals surface area contributed by atoms with Gasteiger partial charge in [0.15, 0.2) is 0 Å². The van der Waals surface area contributed by atoms with Crippen LogP contribution in [-0.2, 0) is 6.54 Å². The maximum absolute atomic E-state index is 5.98. The largest absolute Gasteiger partial charge is 0.544 e. The molecule has 0 heterocycles. The van der Waals surface area contributed by atoms with E-state index < -0.39 is 8.32 Å². The second-order valence-electron chi connectivity index (χ2n) is 5.26. The lowest BCUT2D eigenvalue weighted by Crippen LogP contribution is -2.29. The first-order valence-corrected chi connectivity index (χ1v) is 9.30. The van der Waals surface area contributed by atoms with E-state index in [1.807, 2.05) is 6.07 Å². The van der Waals surface area contributed by atoms with Gasteiger partial charge in [0.2, 0.25) is 8.32 Å². The number of nitrogens with two attached hydrogens (primary N) is 1. The monoisotopic (exact) mass is 245 g/mol. The van der Waals surface area contributed by atoms with E-state index in [2.05, 4.69) is 50.0 Å². The van der Waals surface area contributed by atoms with Crippen molar-refractivity contribution in [2.45, 2.75) is 26.2 Å². The van der Waals surface area contributed by atoms with E-state index in [4.69, 9.17) is 10.2 Å². The van der Waals surface area contributed by atoms with Crippen molar-refractivity contribution in [3.8, 4) is 5.75 Å². The molecule has 0 saturated carbocycles. The molecule has 3 heteroatoms. The molecule has 0 spiro atoms. The summed E-state index contributed by atoms with van der Waals surface area (Å²) in [6.07, 6.45) is 0. The van der Waals surface area contributed by atoms with Crippen LogP contribution in [0.2, 0.25) is 19.6 Å². The Morgan fingerprint density at radius 2 is 1.65 bits per heavy atom. The highest BCUT2D eigenvalue weighted by molar-refractivity contribution is 6.70. The van der Waals surface area contributed by atoms with Gasteiger partial charge in [0.05, 0.1) is 0 Å². The van der Waals surface area contributed by atoms with Crippen molar-refractivity contribution in [2.75, 3.05) is 0 Å². The van der Waals surface area contributed by atoms with Crippen molar-refractivity contribution >= 4 is 19.1 Å². The van der Waals surface area contributed by atoms with E-state index in [0.29, 0.717) is 6.54 Å². The minimum absolute atomic E-state index is 0.586. The Morgan fingerprint density at radius 3 is 2.29 bits per heavy atom. The predicted molar refractivity (Wildman–Crippen MR) is 75.8 cm³/mol. The molecule has 2 N–H and O–H groups in total. The minimum atomic E-state index is -1.52. The van der Waals surface area contributed by atoms with Crippen LogP contribution in [0, 0.1) is 0 Å². The summed E-state index contributed by atoms with van der Waals surface area (Å²) in [5.74, 6) is 0.970. The molecule has 2 aromatic rings. The molecule has 2 aromatic carbocycles. The smallest absolute Gasteiger partial charge is 0.242 e. The summed E-state index contributed by atoms with van der Waals surface area (Å²) in [4.78, 5) is 0. The highest BCUT2D eigenvalue weighted by Crippen LogP contribution is 2.24. The Balaban J connectivity index is 2.38. The van der Waals surface area contributed by atoms with Gasteiger partial charge in [-0.25, -0.2) is 0 Å². The quantitative estimate of drug-likeness (QED) is 0.840. The topological polar surface area (TPSA) is 35.2 Å². The van der Waals surface area contributed by atoms with E-state index >= 15 is 0 Å². The van der Waals surface area contributed by atoms with E-state index in [1.54, 1.807) is 0 Å². The highest BCUT2D eigenvalue weighted by Gasteiger charge is 2.16. The third-order valence-corrected chi connectivity index (χ3v) is 3.38. The fraction of sp³-hybridized carbons (Fsp3) is 0.286. The van der Waals surface area contributed by atoms with Crippen LogP contribution in [0.3, 0.4) is 0 Å². The first kappa shape index (κ1) is 12.1. The fourth-order valence-electron chi connectivity index (χ4n) is 1.82. The molecule has 17 heavy (non-hydrogen) atoms.